The molecule has 2 aromatic heterocycles. The summed E-state index contributed by atoms with van der Waals surface area (Å²) in [5.41, 5.74) is 1.10. The van der Waals surface area contributed by atoms with Crippen LogP contribution in [-0.2, 0) is 25.7 Å². The molecule has 14 heteroatoms. The Kier molecular flexibility index (Phi) is 9.77. The maximum atomic E-state index is 12.9. The van der Waals surface area contributed by atoms with Gasteiger partial charge >= 0.3 is 11.9 Å². The van der Waals surface area contributed by atoms with Gasteiger partial charge in [-0.2, -0.15) is 0 Å². The molecule has 1 amide bonds. The molecule has 0 spiro atoms. The van der Waals surface area contributed by atoms with E-state index in [1.165, 1.54) is 26.4 Å². The van der Waals surface area contributed by atoms with Crippen molar-refractivity contribution in [3.8, 4) is 17.0 Å². The van der Waals surface area contributed by atoms with E-state index in [0.29, 0.717) is 60.2 Å². The fourth-order valence-corrected chi connectivity index (χ4v) is 5.69. The Balaban J connectivity index is 1.47. The molecule has 3 heterocycles. The smallest absolute Gasteiger partial charge is 0.309 e. The van der Waals surface area contributed by atoms with E-state index < -0.39 is 11.9 Å². The predicted octanol–water partition coefficient (Wildman–Crippen LogP) is 5.01. The highest BCUT2D eigenvalue weighted by Crippen LogP contribution is 2.40. The molecule has 1 aromatic carbocycles. The molecule has 0 radical (unpaired) electrons. The lowest BCUT2D eigenvalue weighted by Crippen LogP contribution is -2.37. The first-order valence-corrected chi connectivity index (χ1v) is 14.0. The fourth-order valence-electron chi connectivity index (χ4n) is 4.15. The van der Waals surface area contributed by atoms with Crippen LogP contribution in [0.2, 0.25) is 10.0 Å². The topological polar surface area (TPSA) is 133 Å². The first-order chi connectivity index (χ1) is 19.2. The molecular weight excluding hydrogens is 581 g/mol. The summed E-state index contributed by atoms with van der Waals surface area (Å²) >= 11 is 13.8. The van der Waals surface area contributed by atoms with Gasteiger partial charge in [0.2, 0.25) is 0 Å². The van der Waals surface area contributed by atoms with Crippen molar-refractivity contribution in [2.24, 2.45) is 5.92 Å². The summed E-state index contributed by atoms with van der Waals surface area (Å²) < 4.78 is 15.5. The normalized spacial score (nSPS) is 13.6. The number of carbonyl (C=O) groups excluding carboxylic acids is 3. The van der Waals surface area contributed by atoms with Gasteiger partial charge in [0.1, 0.15) is 18.1 Å². The van der Waals surface area contributed by atoms with Crippen LogP contribution in [0.3, 0.4) is 0 Å². The van der Waals surface area contributed by atoms with Crippen LogP contribution >= 0.6 is 34.5 Å². The van der Waals surface area contributed by atoms with Crippen molar-refractivity contribution in [1.29, 1.82) is 0 Å². The van der Waals surface area contributed by atoms with E-state index in [9.17, 15) is 14.4 Å². The first kappa shape index (κ1) is 29.5. The molecule has 1 aliphatic rings. The number of hydrogen-bond donors (Lipinski definition) is 1. The maximum absolute atomic E-state index is 12.9. The molecule has 1 N–H and O–H groups in total. The second-order valence-electron chi connectivity index (χ2n) is 8.77. The summed E-state index contributed by atoms with van der Waals surface area (Å²) in [5, 5.41) is 3.55. The number of esters is 2. The highest BCUT2D eigenvalue weighted by Gasteiger charge is 2.27. The van der Waals surface area contributed by atoms with Crippen LogP contribution in [0.15, 0.2) is 24.5 Å². The average Bonchev–Trinajstić information content (AvgIpc) is 3.34. The highest BCUT2D eigenvalue weighted by molar-refractivity contribution is 7.16. The van der Waals surface area contributed by atoms with E-state index in [2.05, 4.69) is 20.3 Å². The van der Waals surface area contributed by atoms with Crippen LogP contribution in [0.4, 0.5) is 10.9 Å². The minimum absolute atomic E-state index is 0.0547. The summed E-state index contributed by atoms with van der Waals surface area (Å²) in [6.07, 6.45) is 4.24. The maximum Gasteiger partial charge on any atom is 0.309 e. The van der Waals surface area contributed by atoms with Crippen molar-refractivity contribution in [1.82, 2.24) is 15.0 Å². The SMILES string of the molecule is CCOC(=O)C1CCN(c2cnc(C(=O)Nc3nc(-c4cc(Cl)c(OC)c(Cl)c4)c(COC(C)=O)s3)cn2)CC1. The van der Waals surface area contributed by atoms with Crippen LogP contribution in [0, 0.1) is 5.92 Å². The molecule has 212 valence electrons. The third-order valence-corrected chi connectivity index (χ3v) is 7.62. The molecule has 11 nitrogen and oxygen atoms in total. The quantitative estimate of drug-likeness (QED) is 0.331. The molecule has 0 aliphatic carbocycles. The van der Waals surface area contributed by atoms with Crippen LogP contribution in [0.1, 0.15) is 42.1 Å². The number of methoxy groups -OCH3 is 1. The standard InChI is InChI=1S/C26H27Cl2N5O6S/c1-4-38-25(36)15-5-7-33(8-6-15)21-12-29-19(11-30-21)24(35)32-26-31-22(20(40-26)13-39-14(2)34)16-9-17(27)23(37-3)18(28)10-16/h9-12,15H,4-8,13H2,1-3H3,(H,31,32,35). The monoisotopic (exact) mass is 607 g/mol. The minimum atomic E-state index is -0.509. The number of benzene rings is 1. The van der Waals surface area contributed by atoms with E-state index in [1.54, 1.807) is 19.1 Å². The van der Waals surface area contributed by atoms with Gasteiger partial charge in [0.05, 0.1) is 52.6 Å². The zero-order valence-electron chi connectivity index (χ0n) is 22.0. The first-order valence-electron chi connectivity index (χ1n) is 12.4. The summed E-state index contributed by atoms with van der Waals surface area (Å²) in [7, 11) is 1.46. The fraction of sp³-hybridized carbons (Fsp3) is 0.385. The summed E-state index contributed by atoms with van der Waals surface area (Å²) in [4.78, 5) is 52.2. The Morgan fingerprint density at radius 3 is 2.38 bits per heavy atom. The third-order valence-electron chi connectivity index (χ3n) is 6.11. The van der Waals surface area contributed by atoms with E-state index in [4.69, 9.17) is 37.4 Å². The minimum Gasteiger partial charge on any atom is -0.494 e. The Hall–Kier alpha value is -3.48. The average molecular weight is 609 g/mol. The number of carbonyl (C=O) groups is 3. The van der Waals surface area contributed by atoms with Gasteiger partial charge in [-0.1, -0.05) is 34.5 Å². The van der Waals surface area contributed by atoms with Crippen molar-refractivity contribution in [3.63, 3.8) is 0 Å². The van der Waals surface area contributed by atoms with Crippen LogP contribution in [0.25, 0.3) is 11.3 Å². The van der Waals surface area contributed by atoms with E-state index in [1.807, 2.05) is 4.90 Å². The molecule has 1 fully saturated rings. The van der Waals surface area contributed by atoms with Gasteiger partial charge in [-0.3, -0.25) is 19.7 Å². The van der Waals surface area contributed by atoms with Crippen molar-refractivity contribution < 1.29 is 28.6 Å². The Labute approximate surface area is 244 Å². The number of thiazole rings is 1. The second-order valence-corrected chi connectivity index (χ2v) is 10.7. The number of ether oxygens (including phenoxy) is 3. The van der Waals surface area contributed by atoms with Gasteiger partial charge in [0.25, 0.3) is 5.91 Å². The number of hydrogen-bond acceptors (Lipinski definition) is 11. The van der Waals surface area contributed by atoms with Crippen molar-refractivity contribution in [2.75, 3.05) is 37.0 Å². The number of nitrogens with zero attached hydrogens (tertiary/aromatic N) is 4. The van der Waals surface area contributed by atoms with Gasteiger partial charge < -0.3 is 19.1 Å². The second kappa shape index (κ2) is 13.2. The molecule has 0 bridgehead atoms. The Bertz CT molecular complexity index is 1370. The van der Waals surface area contributed by atoms with Crippen LogP contribution in [0.5, 0.6) is 5.75 Å². The lowest BCUT2D eigenvalue weighted by Gasteiger charge is -2.31. The molecule has 0 unspecified atom stereocenters. The van der Waals surface area contributed by atoms with E-state index in [-0.39, 0.29) is 39.4 Å². The number of amides is 1. The van der Waals surface area contributed by atoms with Gasteiger partial charge in [-0.05, 0) is 31.9 Å². The van der Waals surface area contributed by atoms with Crippen molar-refractivity contribution >= 4 is 63.3 Å². The van der Waals surface area contributed by atoms with Gasteiger partial charge in [0.15, 0.2) is 10.9 Å². The summed E-state index contributed by atoms with van der Waals surface area (Å²) in [6.45, 7) is 4.68. The summed E-state index contributed by atoms with van der Waals surface area (Å²) in [6, 6.07) is 3.26. The molecule has 1 saturated heterocycles. The van der Waals surface area contributed by atoms with Crippen molar-refractivity contribution in [2.45, 2.75) is 33.3 Å². The number of nitrogens with one attached hydrogen (secondary N) is 1. The largest absolute Gasteiger partial charge is 0.494 e. The predicted molar refractivity (Wildman–Crippen MR) is 151 cm³/mol. The Morgan fingerprint density at radius 2 is 1.80 bits per heavy atom. The molecular formula is C26H27Cl2N5O6S. The Morgan fingerprint density at radius 1 is 1.10 bits per heavy atom. The lowest BCUT2D eigenvalue weighted by atomic mass is 9.97. The van der Waals surface area contributed by atoms with E-state index in [0.717, 1.165) is 11.3 Å². The third kappa shape index (κ3) is 6.98. The van der Waals surface area contributed by atoms with Gasteiger partial charge in [-0.25, -0.2) is 15.0 Å². The molecule has 1 aliphatic heterocycles. The zero-order chi connectivity index (χ0) is 28.8. The molecule has 40 heavy (non-hydrogen) atoms. The van der Waals surface area contributed by atoms with Crippen LogP contribution in [-0.4, -0.2) is 59.6 Å². The van der Waals surface area contributed by atoms with Gasteiger partial charge in [0, 0.05) is 25.6 Å². The molecule has 0 atom stereocenters. The molecule has 4 rings (SSSR count). The molecule has 0 saturated carbocycles. The molecule has 3 aromatic rings. The van der Waals surface area contributed by atoms with Gasteiger partial charge in [-0.15, -0.1) is 0 Å². The number of aromatic nitrogens is 3. The number of piperidine rings is 1. The highest BCUT2D eigenvalue weighted by atomic mass is 35.5. The lowest BCUT2D eigenvalue weighted by molar-refractivity contribution is -0.148. The summed E-state index contributed by atoms with van der Waals surface area (Å²) in [5.74, 6) is -0.315. The van der Waals surface area contributed by atoms with Crippen molar-refractivity contribution in [3.05, 3.63) is 45.1 Å². The van der Waals surface area contributed by atoms with E-state index >= 15 is 0 Å². The zero-order valence-corrected chi connectivity index (χ0v) is 24.4. The number of anilines is 2. The van der Waals surface area contributed by atoms with Crippen LogP contribution < -0.4 is 15.0 Å². The number of rotatable bonds is 9. The number of halogens is 2.